The summed E-state index contributed by atoms with van der Waals surface area (Å²) in [6.07, 6.45) is 1.18. The number of likely N-dealkylation sites (tertiary alicyclic amines) is 1. The van der Waals surface area contributed by atoms with E-state index in [0.29, 0.717) is 23.6 Å². The van der Waals surface area contributed by atoms with Gasteiger partial charge in [0.2, 0.25) is 0 Å². The smallest absolute Gasteiger partial charge is 0.358 e. The number of hydrogen-bond donors (Lipinski definition) is 1. The van der Waals surface area contributed by atoms with E-state index in [2.05, 4.69) is 30.8 Å². The molecule has 0 aromatic carbocycles. The summed E-state index contributed by atoms with van der Waals surface area (Å²) in [6.45, 7) is 9.50. The van der Waals surface area contributed by atoms with Gasteiger partial charge in [0.15, 0.2) is 11.5 Å². The van der Waals surface area contributed by atoms with E-state index in [-0.39, 0.29) is 5.69 Å². The first-order valence-electron chi connectivity index (χ1n) is 6.27. The van der Waals surface area contributed by atoms with E-state index < -0.39 is 5.97 Å². The van der Waals surface area contributed by atoms with Crippen molar-refractivity contribution in [2.24, 2.45) is 11.3 Å². The number of hydrogen-bond acceptors (Lipinski definition) is 4. The summed E-state index contributed by atoms with van der Waals surface area (Å²) in [6, 6.07) is 1.51. The van der Waals surface area contributed by atoms with Crippen LogP contribution >= 0.6 is 0 Å². The molecule has 2 heterocycles. The highest BCUT2D eigenvalue weighted by Crippen LogP contribution is 2.34. The van der Waals surface area contributed by atoms with Crippen LogP contribution in [0.4, 0.5) is 0 Å². The zero-order chi connectivity index (χ0) is 13.3. The van der Waals surface area contributed by atoms with E-state index >= 15 is 0 Å². The van der Waals surface area contributed by atoms with Crippen molar-refractivity contribution in [1.82, 2.24) is 10.1 Å². The molecule has 2 rings (SSSR count). The van der Waals surface area contributed by atoms with E-state index in [1.165, 1.54) is 12.5 Å². The third kappa shape index (κ3) is 2.90. The zero-order valence-electron chi connectivity index (χ0n) is 11.1. The fourth-order valence-corrected chi connectivity index (χ4v) is 2.39. The molecule has 5 nitrogen and oxygen atoms in total. The first-order chi connectivity index (χ1) is 8.36. The number of carbonyl (C=O) groups is 1. The van der Waals surface area contributed by atoms with Gasteiger partial charge in [-0.3, -0.25) is 4.90 Å². The predicted molar refractivity (Wildman–Crippen MR) is 66.3 cm³/mol. The average Bonchev–Trinajstić information content (AvgIpc) is 2.85. The summed E-state index contributed by atoms with van der Waals surface area (Å²) in [4.78, 5) is 13.0. The summed E-state index contributed by atoms with van der Waals surface area (Å²) in [5, 5.41) is 12.3. The number of aromatic carboxylic acids is 1. The largest absolute Gasteiger partial charge is 0.476 e. The van der Waals surface area contributed by atoms with E-state index in [1.54, 1.807) is 0 Å². The van der Waals surface area contributed by atoms with Gasteiger partial charge in [-0.15, -0.1) is 0 Å². The lowest BCUT2D eigenvalue weighted by Gasteiger charge is -2.26. The SMILES string of the molecule is CC(C)(C)C1CCN(Cc2cc(C(=O)O)no2)C1. The number of carboxylic acids is 1. The Morgan fingerprint density at radius 1 is 1.61 bits per heavy atom. The highest BCUT2D eigenvalue weighted by Gasteiger charge is 2.32. The van der Waals surface area contributed by atoms with Crippen LogP contribution in [0.25, 0.3) is 0 Å². The molecule has 1 aromatic heterocycles. The summed E-state index contributed by atoms with van der Waals surface area (Å²) in [5.74, 6) is 0.264. The maximum absolute atomic E-state index is 10.7. The molecule has 1 aliphatic heterocycles. The van der Waals surface area contributed by atoms with Gasteiger partial charge in [0.1, 0.15) is 0 Å². The number of nitrogens with zero attached hydrogens (tertiary/aromatic N) is 2. The number of carboxylic acid groups (broad SMARTS) is 1. The van der Waals surface area contributed by atoms with Crippen molar-refractivity contribution in [3.8, 4) is 0 Å². The van der Waals surface area contributed by atoms with Crippen LogP contribution in [0.1, 0.15) is 43.4 Å². The highest BCUT2D eigenvalue weighted by atomic mass is 16.5. The Labute approximate surface area is 107 Å². The number of rotatable bonds is 3. The molecule has 0 amide bonds. The minimum Gasteiger partial charge on any atom is -0.476 e. The van der Waals surface area contributed by atoms with Gasteiger partial charge < -0.3 is 9.63 Å². The first-order valence-corrected chi connectivity index (χ1v) is 6.27. The van der Waals surface area contributed by atoms with Crippen LogP contribution in [0.5, 0.6) is 0 Å². The number of aromatic nitrogens is 1. The van der Waals surface area contributed by atoms with Gasteiger partial charge in [0, 0.05) is 12.6 Å². The predicted octanol–water partition coefficient (Wildman–Crippen LogP) is 2.24. The van der Waals surface area contributed by atoms with Gasteiger partial charge in [-0.25, -0.2) is 4.79 Å². The third-order valence-electron chi connectivity index (χ3n) is 3.65. The van der Waals surface area contributed by atoms with E-state index in [0.717, 1.165) is 13.1 Å². The molecule has 0 radical (unpaired) electrons. The van der Waals surface area contributed by atoms with Crippen molar-refractivity contribution in [2.45, 2.75) is 33.7 Å². The molecule has 0 spiro atoms. The molecule has 1 fully saturated rings. The van der Waals surface area contributed by atoms with Gasteiger partial charge in [-0.05, 0) is 24.3 Å². The standard InChI is InChI=1S/C13H20N2O3/c1-13(2,3)9-4-5-15(7-9)8-10-6-11(12(16)17)14-18-10/h6,9H,4-5,7-8H2,1-3H3,(H,16,17). The Kier molecular flexibility index (Phi) is 3.43. The van der Waals surface area contributed by atoms with Gasteiger partial charge in [0.05, 0.1) is 6.54 Å². The van der Waals surface area contributed by atoms with Crippen LogP contribution in [0.15, 0.2) is 10.6 Å². The Balaban J connectivity index is 1.93. The Morgan fingerprint density at radius 2 is 2.33 bits per heavy atom. The van der Waals surface area contributed by atoms with Crippen LogP contribution in [0.2, 0.25) is 0 Å². The lowest BCUT2D eigenvalue weighted by Crippen LogP contribution is -2.25. The van der Waals surface area contributed by atoms with Crippen molar-refractivity contribution < 1.29 is 14.4 Å². The first kappa shape index (κ1) is 13.1. The lowest BCUT2D eigenvalue weighted by molar-refractivity contribution is 0.0685. The molecule has 100 valence electrons. The van der Waals surface area contributed by atoms with Crippen LogP contribution in [0.3, 0.4) is 0 Å². The van der Waals surface area contributed by atoms with Crippen molar-refractivity contribution >= 4 is 5.97 Å². The molecule has 18 heavy (non-hydrogen) atoms. The minimum absolute atomic E-state index is 0.0171. The fourth-order valence-electron chi connectivity index (χ4n) is 2.39. The van der Waals surface area contributed by atoms with Crippen LogP contribution in [0, 0.1) is 11.3 Å². The quantitative estimate of drug-likeness (QED) is 0.893. The highest BCUT2D eigenvalue weighted by molar-refractivity contribution is 5.85. The molecule has 1 atom stereocenters. The molecule has 1 aromatic rings. The fraction of sp³-hybridized carbons (Fsp3) is 0.692. The van der Waals surface area contributed by atoms with Gasteiger partial charge in [-0.2, -0.15) is 0 Å². The van der Waals surface area contributed by atoms with Crippen molar-refractivity contribution in [3.05, 3.63) is 17.5 Å². The molecular weight excluding hydrogens is 232 g/mol. The molecule has 1 aliphatic rings. The molecule has 0 aliphatic carbocycles. The molecular formula is C13H20N2O3. The summed E-state index contributed by atoms with van der Waals surface area (Å²) in [7, 11) is 0. The topological polar surface area (TPSA) is 66.6 Å². The van der Waals surface area contributed by atoms with E-state index in [9.17, 15) is 4.79 Å². The molecule has 1 N–H and O–H groups in total. The molecule has 1 saturated heterocycles. The van der Waals surface area contributed by atoms with Crippen molar-refractivity contribution in [2.75, 3.05) is 13.1 Å². The Morgan fingerprint density at radius 3 is 2.83 bits per heavy atom. The Bertz CT molecular complexity index is 434. The molecule has 0 saturated carbocycles. The van der Waals surface area contributed by atoms with Crippen LogP contribution in [-0.2, 0) is 6.54 Å². The zero-order valence-corrected chi connectivity index (χ0v) is 11.1. The second-order valence-electron chi connectivity index (χ2n) is 6.07. The average molecular weight is 252 g/mol. The second-order valence-corrected chi connectivity index (χ2v) is 6.07. The van der Waals surface area contributed by atoms with E-state index in [1.807, 2.05) is 0 Å². The second kappa shape index (κ2) is 4.72. The monoisotopic (exact) mass is 252 g/mol. The maximum atomic E-state index is 10.7. The normalized spacial score (nSPS) is 21.4. The molecule has 1 unspecified atom stereocenters. The molecule has 5 heteroatoms. The minimum atomic E-state index is -1.04. The summed E-state index contributed by atoms with van der Waals surface area (Å²) >= 11 is 0. The van der Waals surface area contributed by atoms with Crippen LogP contribution < -0.4 is 0 Å². The summed E-state index contributed by atoms with van der Waals surface area (Å²) < 4.78 is 5.04. The van der Waals surface area contributed by atoms with Crippen molar-refractivity contribution in [3.63, 3.8) is 0 Å². The van der Waals surface area contributed by atoms with E-state index in [4.69, 9.17) is 9.63 Å². The summed E-state index contributed by atoms with van der Waals surface area (Å²) in [5.41, 5.74) is 0.305. The molecule has 0 bridgehead atoms. The lowest BCUT2D eigenvalue weighted by atomic mass is 9.80. The van der Waals surface area contributed by atoms with Gasteiger partial charge in [-0.1, -0.05) is 25.9 Å². The Hall–Kier alpha value is -1.36. The van der Waals surface area contributed by atoms with Gasteiger partial charge >= 0.3 is 5.97 Å². The van der Waals surface area contributed by atoms with Crippen molar-refractivity contribution in [1.29, 1.82) is 0 Å². The third-order valence-corrected chi connectivity index (χ3v) is 3.65. The van der Waals surface area contributed by atoms with Gasteiger partial charge in [0.25, 0.3) is 0 Å². The van der Waals surface area contributed by atoms with Crippen LogP contribution in [-0.4, -0.2) is 34.2 Å². The maximum Gasteiger partial charge on any atom is 0.358 e.